The molecule has 10 heteroatoms. The summed E-state index contributed by atoms with van der Waals surface area (Å²) in [6.07, 6.45) is 12.6. The molecule has 0 radical (unpaired) electrons. The fraction of sp³-hybridized carbons (Fsp3) is 0.700. The summed E-state index contributed by atoms with van der Waals surface area (Å²) < 4.78 is 4.82. The van der Waals surface area contributed by atoms with Crippen LogP contribution in [-0.4, -0.2) is 63.8 Å². The highest BCUT2D eigenvalue weighted by Gasteiger charge is 2.65. The number of H-pyrrole nitrogens is 1. The summed E-state index contributed by atoms with van der Waals surface area (Å²) in [6, 6.07) is -0.856. The van der Waals surface area contributed by atoms with Gasteiger partial charge in [0.15, 0.2) is 12.4 Å². The normalized spacial score (nSPS) is 36.5. The van der Waals surface area contributed by atoms with Crippen LogP contribution in [0.5, 0.6) is 0 Å². The second kappa shape index (κ2) is 10.8. The number of aromatic nitrogens is 2. The van der Waals surface area contributed by atoms with E-state index in [-0.39, 0.29) is 29.6 Å². The Bertz CT molecular complexity index is 1210. The van der Waals surface area contributed by atoms with Gasteiger partial charge in [0.1, 0.15) is 11.6 Å². The van der Waals surface area contributed by atoms with Gasteiger partial charge < -0.3 is 25.0 Å². The van der Waals surface area contributed by atoms with Crippen LogP contribution in [0.3, 0.4) is 0 Å². The largest absolute Gasteiger partial charge is 0.467 e. The van der Waals surface area contributed by atoms with Gasteiger partial charge in [0.2, 0.25) is 0 Å². The number of carbonyl (C=O) groups excluding carboxylic acids is 3. The Hall–Kier alpha value is -3.01. The van der Waals surface area contributed by atoms with Crippen LogP contribution in [-0.2, 0) is 30.4 Å². The molecule has 1 aromatic rings. The molecule has 7 unspecified atom stereocenters. The number of esters is 1. The third-order valence-corrected chi connectivity index (χ3v) is 10.9. The van der Waals surface area contributed by atoms with E-state index in [9.17, 15) is 19.5 Å². The van der Waals surface area contributed by atoms with Gasteiger partial charge in [-0.1, -0.05) is 24.6 Å². The lowest BCUT2D eigenvalue weighted by molar-refractivity contribution is -0.159. The van der Waals surface area contributed by atoms with Gasteiger partial charge in [-0.2, -0.15) is 0 Å². The number of Topliss-reactive ketones (excluding diaryl/α,β-unsaturated/α-hetero) is 1. The molecule has 1 aromatic heterocycles. The molecule has 1 heterocycles. The van der Waals surface area contributed by atoms with Crippen LogP contribution >= 0.6 is 0 Å². The predicted molar refractivity (Wildman–Crippen MR) is 147 cm³/mol. The second-order valence-corrected chi connectivity index (χ2v) is 12.7. The predicted octanol–water partition coefficient (Wildman–Crippen LogP) is 3.27. The lowest BCUT2D eigenvalue weighted by Gasteiger charge is -2.59. The van der Waals surface area contributed by atoms with E-state index in [0.29, 0.717) is 29.9 Å². The molecule has 7 atom stereocenters. The number of oxime groups is 1. The number of nitrogens with one attached hydrogen (secondary N) is 2. The summed E-state index contributed by atoms with van der Waals surface area (Å²) in [4.78, 5) is 49.4. The monoisotopic (exact) mass is 554 g/mol. The molecule has 0 saturated heterocycles. The smallest absolute Gasteiger partial charge is 0.328 e. The van der Waals surface area contributed by atoms with Crippen molar-refractivity contribution in [2.24, 2.45) is 33.7 Å². The first-order chi connectivity index (χ1) is 19.0. The first-order valence-corrected chi connectivity index (χ1v) is 14.5. The highest BCUT2D eigenvalue weighted by molar-refractivity contribution is 5.96. The maximum absolute atomic E-state index is 12.5. The Morgan fingerprint density at radius 2 is 1.95 bits per heavy atom. The summed E-state index contributed by atoms with van der Waals surface area (Å²) in [5.41, 5.74) is 1.46. The molecule has 4 aliphatic rings. The highest BCUT2D eigenvalue weighted by atomic mass is 16.6. The number of allylic oxidation sites excluding steroid dienone is 2. The number of aromatic amines is 1. The Morgan fingerprint density at radius 3 is 2.65 bits per heavy atom. The fourth-order valence-electron chi connectivity index (χ4n) is 8.60. The maximum atomic E-state index is 12.5. The van der Waals surface area contributed by atoms with Crippen molar-refractivity contribution in [1.82, 2.24) is 15.3 Å². The molecule has 3 N–H and O–H groups in total. The van der Waals surface area contributed by atoms with Crippen LogP contribution in [0, 0.1) is 28.6 Å². The summed E-state index contributed by atoms with van der Waals surface area (Å²) in [6.45, 7) is 5.78. The maximum Gasteiger partial charge on any atom is 0.328 e. The van der Waals surface area contributed by atoms with Crippen LogP contribution in [0.4, 0.5) is 0 Å². The van der Waals surface area contributed by atoms with E-state index in [2.05, 4.69) is 40.4 Å². The highest BCUT2D eigenvalue weighted by Crippen LogP contribution is 2.67. The molecule has 5 rings (SSSR count). The number of hydrogen-bond donors (Lipinski definition) is 3. The number of amides is 1. The molecule has 1 amide bonds. The number of methoxy groups -OCH3 is 1. The Balaban J connectivity index is 1.21. The van der Waals surface area contributed by atoms with E-state index in [4.69, 9.17) is 9.57 Å². The van der Waals surface area contributed by atoms with Crippen molar-refractivity contribution in [3.63, 3.8) is 0 Å². The van der Waals surface area contributed by atoms with Crippen LogP contribution in [0.2, 0.25) is 0 Å². The van der Waals surface area contributed by atoms with Crippen molar-refractivity contribution in [3.05, 3.63) is 29.9 Å². The minimum Gasteiger partial charge on any atom is -0.467 e. The number of ketones is 1. The molecule has 40 heavy (non-hydrogen) atoms. The minimum absolute atomic E-state index is 0.0674. The lowest BCUT2D eigenvalue weighted by atomic mass is 9.46. The third-order valence-electron chi connectivity index (χ3n) is 10.9. The van der Waals surface area contributed by atoms with Gasteiger partial charge in [-0.3, -0.25) is 9.59 Å². The summed E-state index contributed by atoms with van der Waals surface area (Å²) in [5, 5.41) is 18.3. The molecule has 218 valence electrons. The molecule has 4 aliphatic carbocycles. The molecule has 0 bridgehead atoms. The Kier molecular flexibility index (Phi) is 7.67. The number of rotatable bonds is 8. The van der Waals surface area contributed by atoms with Crippen molar-refractivity contribution < 1.29 is 29.1 Å². The minimum atomic E-state index is -1.19. The quantitative estimate of drug-likeness (QED) is 0.331. The van der Waals surface area contributed by atoms with Crippen LogP contribution in [0.25, 0.3) is 0 Å². The van der Waals surface area contributed by atoms with Crippen molar-refractivity contribution >= 4 is 23.4 Å². The van der Waals surface area contributed by atoms with Crippen LogP contribution < -0.4 is 5.32 Å². The summed E-state index contributed by atoms with van der Waals surface area (Å²) in [5.74, 6) is 0.325. The van der Waals surface area contributed by atoms with Gasteiger partial charge in [-0.05, 0) is 87.5 Å². The first-order valence-electron chi connectivity index (χ1n) is 14.5. The summed E-state index contributed by atoms with van der Waals surface area (Å²) in [7, 11) is 1.28. The first kappa shape index (κ1) is 28.5. The van der Waals surface area contributed by atoms with Crippen molar-refractivity contribution in [2.75, 3.05) is 13.7 Å². The zero-order valence-electron chi connectivity index (χ0n) is 24.0. The van der Waals surface area contributed by atoms with Crippen LogP contribution in [0.15, 0.2) is 29.3 Å². The second-order valence-electron chi connectivity index (χ2n) is 12.7. The number of aliphatic hydroxyl groups is 1. The van der Waals surface area contributed by atoms with Gasteiger partial charge in [0, 0.05) is 23.7 Å². The Labute approximate surface area is 235 Å². The molecule has 3 saturated carbocycles. The van der Waals surface area contributed by atoms with Gasteiger partial charge in [0.25, 0.3) is 5.91 Å². The number of imidazole rings is 1. The number of ether oxygens (including phenoxy) is 1. The average Bonchev–Trinajstić information content (AvgIpc) is 3.54. The molecule has 10 nitrogen and oxygen atoms in total. The van der Waals surface area contributed by atoms with Crippen LogP contribution in [0.1, 0.15) is 77.8 Å². The topological polar surface area (TPSA) is 143 Å². The molecule has 3 fully saturated rings. The third kappa shape index (κ3) is 4.78. The van der Waals surface area contributed by atoms with Gasteiger partial charge in [-0.25, -0.2) is 9.78 Å². The zero-order valence-corrected chi connectivity index (χ0v) is 24.0. The number of nitrogens with zero attached hydrogens (tertiary/aromatic N) is 2. The van der Waals surface area contributed by atoms with E-state index in [1.807, 2.05) is 0 Å². The van der Waals surface area contributed by atoms with Crippen molar-refractivity contribution in [3.8, 4) is 0 Å². The van der Waals surface area contributed by atoms with Crippen molar-refractivity contribution in [2.45, 2.75) is 90.2 Å². The molecular weight excluding hydrogens is 512 g/mol. The number of carbonyl (C=O) groups is 3. The zero-order chi connectivity index (χ0) is 28.7. The number of hydrogen-bond acceptors (Lipinski definition) is 8. The fourth-order valence-corrected chi connectivity index (χ4v) is 8.60. The molecule has 0 aliphatic heterocycles. The number of fused-ring (bicyclic) bond motifs is 5. The van der Waals surface area contributed by atoms with E-state index in [1.54, 1.807) is 13.1 Å². The van der Waals surface area contributed by atoms with E-state index in [1.165, 1.54) is 19.0 Å². The average molecular weight is 555 g/mol. The van der Waals surface area contributed by atoms with Gasteiger partial charge in [0.05, 0.1) is 19.1 Å². The summed E-state index contributed by atoms with van der Waals surface area (Å²) >= 11 is 0. The molecular formula is C30H42N4O6. The standard InChI is InChI=1S/C30H42N4O6/c1-18(35)30(38)12-9-24-22-6-5-19-13-20(7-10-28(19,2)23(22)8-11-29(24,30)3)34-40-16-26(36)33-25(27(37)39-4)14-21-15-31-17-32-21/h13,15,17,22-25,38H,5-12,14,16H2,1-4H3,(H,31,32)(H,33,36). The van der Waals surface area contributed by atoms with E-state index < -0.39 is 23.5 Å². The van der Waals surface area contributed by atoms with Gasteiger partial charge >= 0.3 is 5.97 Å². The van der Waals surface area contributed by atoms with E-state index in [0.717, 1.165) is 50.7 Å². The molecule has 0 spiro atoms. The lowest BCUT2D eigenvalue weighted by Crippen LogP contribution is -2.57. The Morgan fingerprint density at radius 1 is 1.18 bits per heavy atom. The van der Waals surface area contributed by atoms with Crippen molar-refractivity contribution in [1.29, 1.82) is 0 Å². The SMILES string of the molecule is COC(=O)C(Cc1cnc[nH]1)NC(=O)CON=C1C=C2CCC3C(CCC4(C)C3CCC4(O)C(C)=O)C2(C)CC1. The van der Waals surface area contributed by atoms with E-state index >= 15 is 0 Å². The molecule has 0 aromatic carbocycles. The van der Waals surface area contributed by atoms with Gasteiger partial charge in [-0.15, -0.1) is 0 Å².